The predicted molar refractivity (Wildman–Crippen MR) is 66.7 cm³/mol. The summed E-state index contributed by atoms with van der Waals surface area (Å²) < 4.78 is 26.0. The number of aromatic nitrogens is 2. The van der Waals surface area contributed by atoms with Gasteiger partial charge in [0.15, 0.2) is 5.03 Å². The van der Waals surface area contributed by atoms with Crippen LogP contribution in [0.15, 0.2) is 17.6 Å². The number of rotatable bonds is 4. The van der Waals surface area contributed by atoms with Gasteiger partial charge in [-0.15, -0.1) is 12.4 Å². The van der Waals surface area contributed by atoms with Gasteiger partial charge < -0.3 is 10.3 Å². The Morgan fingerprint density at radius 1 is 1.65 bits per heavy atom. The van der Waals surface area contributed by atoms with Gasteiger partial charge in [-0.1, -0.05) is 0 Å². The number of nitrogens with zero attached hydrogens (tertiary/aromatic N) is 2. The molecule has 98 valence electrons. The average Bonchev–Trinajstić information content (AvgIpc) is 2.88. The maximum Gasteiger partial charge on any atom is 0.260 e. The summed E-state index contributed by atoms with van der Waals surface area (Å²) in [5.41, 5.74) is 0. The third kappa shape index (κ3) is 2.79. The molecule has 1 aromatic heterocycles. The molecule has 0 amide bonds. The van der Waals surface area contributed by atoms with Gasteiger partial charge >= 0.3 is 0 Å². The number of hydrogen-bond acceptors (Lipinski definition) is 4. The molecule has 1 aliphatic rings. The molecule has 1 aromatic rings. The molecular weight excluding hydrogens is 264 g/mol. The minimum atomic E-state index is -3.39. The van der Waals surface area contributed by atoms with Crippen LogP contribution >= 0.6 is 12.4 Å². The summed E-state index contributed by atoms with van der Waals surface area (Å²) in [6.07, 6.45) is 4.56. The van der Waals surface area contributed by atoms with Crippen molar-refractivity contribution in [3.05, 3.63) is 12.5 Å². The van der Waals surface area contributed by atoms with Gasteiger partial charge in [-0.05, 0) is 19.9 Å². The van der Waals surface area contributed by atoms with Crippen molar-refractivity contribution in [1.29, 1.82) is 0 Å². The lowest BCUT2D eigenvalue weighted by atomic mass is 10.2. The SMILES string of the molecule is CNCC1CCCN1S(=O)(=O)c1cnc[nH]1.Cl. The first kappa shape index (κ1) is 14.4. The van der Waals surface area contributed by atoms with Crippen LogP contribution < -0.4 is 5.32 Å². The maximum absolute atomic E-state index is 12.2. The molecule has 2 rings (SSSR count). The lowest BCUT2D eigenvalue weighted by molar-refractivity contribution is 0.378. The monoisotopic (exact) mass is 280 g/mol. The number of aromatic amines is 1. The Morgan fingerprint density at radius 3 is 3.00 bits per heavy atom. The normalized spacial score (nSPS) is 21.4. The Kier molecular flexibility index (Phi) is 4.93. The Bertz CT molecular complexity index is 434. The van der Waals surface area contributed by atoms with Crippen molar-refractivity contribution < 1.29 is 8.42 Å². The molecule has 0 radical (unpaired) electrons. The summed E-state index contributed by atoms with van der Waals surface area (Å²) in [4.78, 5) is 6.41. The topological polar surface area (TPSA) is 78.1 Å². The van der Waals surface area contributed by atoms with Crippen molar-refractivity contribution in [1.82, 2.24) is 19.6 Å². The Balaban J connectivity index is 0.00000144. The summed E-state index contributed by atoms with van der Waals surface area (Å²) in [5.74, 6) is 0. The zero-order valence-corrected chi connectivity index (χ0v) is 11.2. The fourth-order valence-electron chi connectivity index (χ4n) is 2.08. The summed E-state index contributed by atoms with van der Waals surface area (Å²) in [6, 6.07) is 0.0540. The molecule has 0 aromatic carbocycles. The molecule has 6 nitrogen and oxygen atoms in total. The van der Waals surface area contributed by atoms with Crippen LogP contribution in [0.5, 0.6) is 0 Å². The van der Waals surface area contributed by atoms with Gasteiger partial charge in [-0.3, -0.25) is 0 Å². The van der Waals surface area contributed by atoms with Gasteiger partial charge in [0.05, 0.1) is 12.5 Å². The number of halogens is 1. The number of H-pyrrole nitrogens is 1. The fraction of sp³-hybridized carbons (Fsp3) is 0.667. The molecule has 2 heterocycles. The third-order valence-electron chi connectivity index (χ3n) is 2.82. The molecule has 1 atom stereocenters. The predicted octanol–water partition coefficient (Wildman–Crippen LogP) is 0.204. The smallest absolute Gasteiger partial charge is 0.260 e. The van der Waals surface area contributed by atoms with Crippen LogP contribution in [0.1, 0.15) is 12.8 Å². The summed E-state index contributed by atoms with van der Waals surface area (Å²) in [6.45, 7) is 1.28. The number of nitrogens with one attached hydrogen (secondary N) is 2. The van der Waals surface area contributed by atoms with E-state index in [4.69, 9.17) is 0 Å². The lowest BCUT2D eigenvalue weighted by Gasteiger charge is -2.22. The largest absolute Gasteiger partial charge is 0.335 e. The summed E-state index contributed by atoms with van der Waals surface area (Å²) in [5, 5.41) is 3.20. The number of sulfonamides is 1. The van der Waals surface area contributed by atoms with E-state index in [-0.39, 0.29) is 23.5 Å². The molecule has 17 heavy (non-hydrogen) atoms. The second kappa shape index (κ2) is 5.81. The standard InChI is InChI=1S/C9H16N4O2S.ClH/c1-10-5-8-3-2-4-13(8)16(14,15)9-6-11-7-12-9;/h6-8,10H,2-5H2,1H3,(H,11,12);1H. The highest BCUT2D eigenvalue weighted by atomic mass is 35.5. The summed E-state index contributed by atoms with van der Waals surface area (Å²) in [7, 11) is -1.56. The minimum absolute atomic E-state index is 0. The molecule has 1 unspecified atom stereocenters. The molecule has 0 spiro atoms. The molecule has 0 saturated carbocycles. The first-order valence-corrected chi connectivity index (χ1v) is 6.75. The zero-order valence-electron chi connectivity index (χ0n) is 9.59. The first-order chi connectivity index (χ1) is 7.66. The van der Waals surface area contributed by atoms with Crippen molar-refractivity contribution in [2.75, 3.05) is 20.1 Å². The first-order valence-electron chi connectivity index (χ1n) is 5.31. The minimum Gasteiger partial charge on any atom is -0.335 e. The lowest BCUT2D eigenvalue weighted by Crippen LogP contribution is -2.40. The van der Waals surface area contributed by atoms with Gasteiger partial charge in [0.25, 0.3) is 10.0 Å². The van der Waals surface area contributed by atoms with Gasteiger partial charge in [0, 0.05) is 19.1 Å². The molecule has 0 aliphatic carbocycles. The van der Waals surface area contributed by atoms with E-state index in [0.717, 1.165) is 12.8 Å². The molecule has 8 heteroatoms. The van der Waals surface area contributed by atoms with E-state index < -0.39 is 10.0 Å². The van der Waals surface area contributed by atoms with E-state index in [1.807, 2.05) is 7.05 Å². The quantitative estimate of drug-likeness (QED) is 0.826. The Hall–Kier alpha value is -0.630. The zero-order chi connectivity index (χ0) is 11.6. The highest BCUT2D eigenvalue weighted by Crippen LogP contribution is 2.24. The molecule has 1 fully saturated rings. The van der Waals surface area contributed by atoms with E-state index in [0.29, 0.717) is 13.1 Å². The van der Waals surface area contributed by atoms with Crippen molar-refractivity contribution in [3.63, 3.8) is 0 Å². The maximum atomic E-state index is 12.2. The van der Waals surface area contributed by atoms with Gasteiger partial charge in [0.1, 0.15) is 0 Å². The van der Waals surface area contributed by atoms with Crippen molar-refractivity contribution in [2.45, 2.75) is 23.9 Å². The molecule has 1 saturated heterocycles. The van der Waals surface area contributed by atoms with Crippen LogP contribution in [0.2, 0.25) is 0 Å². The van der Waals surface area contributed by atoms with Crippen LogP contribution in [0, 0.1) is 0 Å². The van der Waals surface area contributed by atoms with Crippen LogP contribution in [0.4, 0.5) is 0 Å². The second-order valence-corrected chi connectivity index (χ2v) is 5.74. The number of imidazole rings is 1. The Morgan fingerprint density at radius 2 is 2.41 bits per heavy atom. The highest BCUT2D eigenvalue weighted by Gasteiger charge is 2.35. The van der Waals surface area contributed by atoms with Crippen LogP contribution in [-0.4, -0.2) is 48.9 Å². The van der Waals surface area contributed by atoms with Crippen molar-refractivity contribution in [2.24, 2.45) is 0 Å². The van der Waals surface area contributed by atoms with Gasteiger partial charge in [-0.2, -0.15) is 4.31 Å². The van der Waals surface area contributed by atoms with Crippen LogP contribution in [0.3, 0.4) is 0 Å². The van der Waals surface area contributed by atoms with Crippen LogP contribution in [0.25, 0.3) is 0 Å². The van der Waals surface area contributed by atoms with Crippen molar-refractivity contribution >= 4 is 22.4 Å². The molecule has 1 aliphatic heterocycles. The molecular formula is C9H17ClN4O2S. The van der Waals surface area contributed by atoms with Gasteiger partial charge in [-0.25, -0.2) is 13.4 Å². The summed E-state index contributed by atoms with van der Waals surface area (Å²) >= 11 is 0. The van der Waals surface area contributed by atoms with E-state index in [9.17, 15) is 8.42 Å². The number of hydrogen-bond donors (Lipinski definition) is 2. The van der Waals surface area contributed by atoms with E-state index in [2.05, 4.69) is 15.3 Å². The van der Waals surface area contributed by atoms with Crippen molar-refractivity contribution in [3.8, 4) is 0 Å². The molecule has 0 bridgehead atoms. The number of likely N-dealkylation sites (N-methyl/N-ethyl adjacent to an activating group) is 1. The third-order valence-corrected chi connectivity index (χ3v) is 4.70. The molecule has 2 N–H and O–H groups in total. The second-order valence-electron chi connectivity index (χ2n) is 3.89. The van der Waals surface area contributed by atoms with E-state index >= 15 is 0 Å². The van der Waals surface area contributed by atoms with Crippen LogP contribution in [-0.2, 0) is 10.0 Å². The van der Waals surface area contributed by atoms with E-state index in [1.165, 1.54) is 12.5 Å². The van der Waals surface area contributed by atoms with E-state index in [1.54, 1.807) is 4.31 Å². The fourth-order valence-corrected chi connectivity index (χ4v) is 3.67. The highest BCUT2D eigenvalue weighted by molar-refractivity contribution is 7.89. The average molecular weight is 281 g/mol. The Labute approximate surface area is 107 Å². The van der Waals surface area contributed by atoms with Gasteiger partial charge in [0.2, 0.25) is 0 Å².